The molecule has 0 unspecified atom stereocenters. The van der Waals surface area contributed by atoms with E-state index in [9.17, 15) is 9.59 Å². The van der Waals surface area contributed by atoms with Gasteiger partial charge in [0.2, 0.25) is 0 Å². The molecule has 1 N–H and O–H groups in total. The molecule has 7 nitrogen and oxygen atoms in total. The van der Waals surface area contributed by atoms with Crippen molar-refractivity contribution in [1.82, 2.24) is 19.2 Å². The number of hydrogen-bond donors (Lipinski definition) is 1. The van der Waals surface area contributed by atoms with Gasteiger partial charge in [0.05, 0.1) is 5.69 Å². The maximum atomic E-state index is 12.6. The number of piperidine rings is 1. The van der Waals surface area contributed by atoms with Gasteiger partial charge in [0, 0.05) is 31.7 Å². The van der Waals surface area contributed by atoms with Crippen LogP contribution >= 0.6 is 0 Å². The zero-order valence-corrected chi connectivity index (χ0v) is 15.8. The lowest BCUT2D eigenvalue weighted by atomic mass is 9.96. The van der Waals surface area contributed by atoms with Gasteiger partial charge in [-0.2, -0.15) is 5.10 Å². The Hall–Kier alpha value is -3.35. The number of nitrogens with zero attached hydrogens (tertiary/aromatic N) is 4. The molecule has 1 fully saturated rings. The Morgan fingerprint density at radius 1 is 1.00 bits per heavy atom. The number of aromatic nitrogens is 3. The number of urea groups is 1. The lowest BCUT2D eigenvalue weighted by Gasteiger charge is -2.31. The average molecular weight is 377 g/mol. The average Bonchev–Trinajstić information content (AvgIpc) is 3.04. The highest BCUT2D eigenvalue weighted by molar-refractivity contribution is 5.89. The highest BCUT2D eigenvalue weighted by Crippen LogP contribution is 2.27. The van der Waals surface area contributed by atoms with Crippen LogP contribution in [0, 0.1) is 0 Å². The van der Waals surface area contributed by atoms with Gasteiger partial charge in [0.1, 0.15) is 5.82 Å². The van der Waals surface area contributed by atoms with Gasteiger partial charge in [-0.05, 0) is 37.1 Å². The number of aryl methyl sites for hydroxylation is 1. The molecule has 1 aliphatic heterocycles. The minimum atomic E-state index is -0.148. The first kappa shape index (κ1) is 18.0. The molecule has 0 saturated carbocycles. The molecule has 2 amide bonds. The zero-order chi connectivity index (χ0) is 19.5. The Labute approximate surface area is 163 Å². The van der Waals surface area contributed by atoms with Crippen LogP contribution in [-0.4, -0.2) is 38.4 Å². The molecule has 0 bridgehead atoms. The smallest absolute Gasteiger partial charge is 0.324 e. The lowest BCUT2D eigenvalue weighted by Crippen LogP contribution is -2.41. The summed E-state index contributed by atoms with van der Waals surface area (Å²) in [5.41, 5.74) is 1.46. The summed E-state index contributed by atoms with van der Waals surface area (Å²) >= 11 is 0. The van der Waals surface area contributed by atoms with Crippen molar-refractivity contribution in [2.24, 2.45) is 7.05 Å². The molecule has 0 aliphatic carbocycles. The normalized spacial score (nSPS) is 14.8. The van der Waals surface area contributed by atoms with Gasteiger partial charge in [0.15, 0.2) is 0 Å². The van der Waals surface area contributed by atoms with Gasteiger partial charge in [-0.1, -0.05) is 36.4 Å². The third kappa shape index (κ3) is 3.55. The molecular formula is C21H23N5O2. The Morgan fingerprint density at radius 3 is 2.25 bits per heavy atom. The van der Waals surface area contributed by atoms with Crippen molar-refractivity contribution in [1.29, 1.82) is 0 Å². The van der Waals surface area contributed by atoms with Crippen molar-refractivity contribution in [2.75, 3.05) is 18.4 Å². The second-order valence-electron chi connectivity index (χ2n) is 6.99. The van der Waals surface area contributed by atoms with E-state index in [1.807, 2.05) is 65.6 Å². The number of anilines is 1. The van der Waals surface area contributed by atoms with Gasteiger partial charge in [-0.25, -0.2) is 18.8 Å². The number of carbonyl (C=O) groups is 1. The molecule has 7 heteroatoms. The molecule has 0 radical (unpaired) electrons. The maximum absolute atomic E-state index is 12.6. The van der Waals surface area contributed by atoms with Crippen molar-refractivity contribution in [2.45, 2.75) is 18.8 Å². The first-order valence-corrected chi connectivity index (χ1v) is 9.46. The second kappa shape index (κ2) is 7.72. The SMILES string of the molecule is Cn1nc(C2CCN(C(=O)Nc3ccccc3)CC2)n(-c2ccccc2)c1=O. The van der Waals surface area contributed by atoms with Crippen LogP contribution in [-0.2, 0) is 7.05 Å². The molecule has 1 aliphatic rings. The van der Waals surface area contributed by atoms with E-state index in [2.05, 4.69) is 10.4 Å². The lowest BCUT2D eigenvalue weighted by molar-refractivity contribution is 0.193. The fourth-order valence-corrected chi connectivity index (χ4v) is 3.63. The maximum Gasteiger partial charge on any atom is 0.350 e. The van der Waals surface area contributed by atoms with Crippen LogP contribution in [0.15, 0.2) is 65.5 Å². The van der Waals surface area contributed by atoms with E-state index in [1.54, 1.807) is 11.6 Å². The van der Waals surface area contributed by atoms with Crippen LogP contribution < -0.4 is 11.0 Å². The van der Waals surface area contributed by atoms with E-state index < -0.39 is 0 Å². The quantitative estimate of drug-likeness (QED) is 0.763. The van der Waals surface area contributed by atoms with Crippen LogP contribution in [0.25, 0.3) is 5.69 Å². The van der Waals surface area contributed by atoms with E-state index in [0.717, 1.165) is 30.0 Å². The zero-order valence-electron chi connectivity index (χ0n) is 15.8. The Bertz CT molecular complexity index is 1000. The number of para-hydroxylation sites is 2. The van der Waals surface area contributed by atoms with Gasteiger partial charge in [-0.15, -0.1) is 0 Å². The largest absolute Gasteiger partial charge is 0.350 e. The molecule has 3 aromatic rings. The Kier molecular flexibility index (Phi) is 4.97. The van der Waals surface area contributed by atoms with E-state index in [1.165, 1.54) is 4.68 Å². The van der Waals surface area contributed by atoms with Crippen molar-refractivity contribution in [3.8, 4) is 5.69 Å². The third-order valence-electron chi connectivity index (χ3n) is 5.14. The highest BCUT2D eigenvalue weighted by Gasteiger charge is 2.28. The summed E-state index contributed by atoms with van der Waals surface area (Å²) in [7, 11) is 1.67. The van der Waals surface area contributed by atoms with E-state index in [4.69, 9.17) is 0 Å². The minimum Gasteiger partial charge on any atom is -0.324 e. The van der Waals surface area contributed by atoms with Crippen molar-refractivity contribution in [3.05, 3.63) is 77.0 Å². The predicted molar refractivity (Wildman–Crippen MR) is 108 cm³/mol. The number of hydrogen-bond acceptors (Lipinski definition) is 3. The Morgan fingerprint density at radius 2 is 1.61 bits per heavy atom. The van der Waals surface area contributed by atoms with Crippen LogP contribution in [0.1, 0.15) is 24.6 Å². The molecule has 2 aromatic carbocycles. The third-order valence-corrected chi connectivity index (χ3v) is 5.14. The van der Waals surface area contributed by atoms with E-state index in [-0.39, 0.29) is 17.6 Å². The molecule has 2 heterocycles. The Balaban J connectivity index is 1.48. The first-order chi connectivity index (χ1) is 13.6. The van der Waals surface area contributed by atoms with Crippen LogP contribution in [0.4, 0.5) is 10.5 Å². The number of amides is 2. The van der Waals surface area contributed by atoms with E-state index >= 15 is 0 Å². The topological polar surface area (TPSA) is 72.2 Å². The summed E-state index contributed by atoms with van der Waals surface area (Å²) in [6, 6.07) is 18.9. The first-order valence-electron chi connectivity index (χ1n) is 9.46. The fraction of sp³-hybridized carbons (Fsp3) is 0.286. The summed E-state index contributed by atoms with van der Waals surface area (Å²) in [5, 5.41) is 7.42. The number of nitrogens with one attached hydrogen (secondary N) is 1. The van der Waals surface area contributed by atoms with Gasteiger partial charge >= 0.3 is 11.7 Å². The summed E-state index contributed by atoms with van der Waals surface area (Å²) < 4.78 is 3.07. The summed E-state index contributed by atoms with van der Waals surface area (Å²) in [6.45, 7) is 1.26. The van der Waals surface area contributed by atoms with Gasteiger partial charge in [-0.3, -0.25) is 0 Å². The summed E-state index contributed by atoms with van der Waals surface area (Å²) in [5.74, 6) is 0.900. The van der Waals surface area contributed by atoms with E-state index in [0.29, 0.717) is 13.1 Å². The number of rotatable bonds is 3. The molecule has 1 aromatic heterocycles. The predicted octanol–water partition coefficient (Wildman–Crippen LogP) is 2.98. The standard InChI is InChI=1S/C21H23N5O2/c1-24-21(28)26(18-10-6-3-7-11-18)19(23-24)16-12-14-25(15-13-16)20(27)22-17-8-4-2-5-9-17/h2-11,16H,12-15H2,1H3,(H,22,27). The summed E-state index contributed by atoms with van der Waals surface area (Å²) in [4.78, 5) is 26.9. The minimum absolute atomic E-state index is 0.0916. The van der Waals surface area contributed by atoms with Crippen LogP contribution in [0.5, 0.6) is 0 Å². The van der Waals surface area contributed by atoms with Crippen molar-refractivity contribution < 1.29 is 4.79 Å². The molecule has 0 spiro atoms. The number of carbonyl (C=O) groups excluding carboxylic acids is 1. The number of likely N-dealkylation sites (tertiary alicyclic amines) is 1. The monoisotopic (exact) mass is 377 g/mol. The fourth-order valence-electron chi connectivity index (χ4n) is 3.63. The second-order valence-corrected chi connectivity index (χ2v) is 6.99. The molecule has 1 saturated heterocycles. The van der Waals surface area contributed by atoms with Crippen LogP contribution in [0.3, 0.4) is 0 Å². The molecular weight excluding hydrogens is 354 g/mol. The molecule has 0 atom stereocenters. The molecule has 28 heavy (non-hydrogen) atoms. The van der Waals surface area contributed by atoms with Crippen LogP contribution in [0.2, 0.25) is 0 Å². The summed E-state index contributed by atoms with van der Waals surface area (Å²) in [6.07, 6.45) is 1.54. The van der Waals surface area contributed by atoms with Crippen molar-refractivity contribution in [3.63, 3.8) is 0 Å². The highest BCUT2D eigenvalue weighted by atomic mass is 16.2. The number of benzene rings is 2. The van der Waals surface area contributed by atoms with Gasteiger partial charge < -0.3 is 10.2 Å². The van der Waals surface area contributed by atoms with Gasteiger partial charge in [0.25, 0.3) is 0 Å². The van der Waals surface area contributed by atoms with Crippen molar-refractivity contribution >= 4 is 11.7 Å². The molecule has 144 valence electrons. The molecule has 4 rings (SSSR count).